The second-order valence-corrected chi connectivity index (χ2v) is 3.74. The minimum atomic E-state index is -0.609. The van der Waals surface area contributed by atoms with Gasteiger partial charge in [-0.05, 0) is 31.7 Å². The molecule has 1 N–H and O–H groups in total. The molecule has 0 aliphatic heterocycles. The largest absolute Gasteiger partial charge is 0.385 e. The van der Waals surface area contributed by atoms with Gasteiger partial charge in [0.05, 0.1) is 5.60 Å². The van der Waals surface area contributed by atoms with Crippen molar-refractivity contribution in [2.24, 2.45) is 0 Å². The Labute approximate surface area is 78.6 Å². The Hall–Kier alpha value is -0.890. The van der Waals surface area contributed by atoms with Crippen LogP contribution in [0.4, 0.5) is 0 Å². The van der Waals surface area contributed by atoms with E-state index < -0.39 is 5.60 Å². The number of hydrogen-bond acceptors (Lipinski definition) is 2. The zero-order valence-corrected chi connectivity index (χ0v) is 7.95. The van der Waals surface area contributed by atoms with Gasteiger partial charge in [0.2, 0.25) is 0 Å². The number of pyridine rings is 1. The quantitative estimate of drug-likeness (QED) is 0.711. The molecule has 13 heavy (non-hydrogen) atoms. The number of aryl methyl sites for hydroxylation is 1. The number of aliphatic hydroxyl groups is 1. The van der Waals surface area contributed by atoms with Crippen LogP contribution >= 0.6 is 0 Å². The lowest BCUT2D eigenvalue weighted by Gasteiger charge is -2.32. The maximum absolute atomic E-state index is 10.3. The molecule has 1 atom stereocenters. The normalized spacial score (nSPS) is 26.9. The first-order chi connectivity index (χ1) is 6.26. The molecule has 1 aliphatic rings. The molecule has 0 spiro atoms. The van der Waals surface area contributed by atoms with Gasteiger partial charge in [-0.3, -0.25) is 4.98 Å². The minimum absolute atomic E-state index is 0.609. The molecule has 2 rings (SSSR count). The predicted octanol–water partition coefficient (Wildman–Crippen LogP) is 2.02. The van der Waals surface area contributed by atoms with Crippen molar-refractivity contribution in [3.8, 4) is 0 Å². The highest BCUT2D eigenvalue weighted by Crippen LogP contribution is 2.36. The number of fused-ring (bicyclic) bond motifs is 1. The van der Waals surface area contributed by atoms with Gasteiger partial charge in [0, 0.05) is 17.5 Å². The van der Waals surface area contributed by atoms with Crippen LogP contribution < -0.4 is 0 Å². The van der Waals surface area contributed by atoms with Crippen molar-refractivity contribution >= 4 is 0 Å². The summed E-state index contributed by atoms with van der Waals surface area (Å²) >= 11 is 0. The Morgan fingerprint density at radius 2 is 2.46 bits per heavy atom. The molecular formula is C11H15NO. The van der Waals surface area contributed by atoms with Crippen LogP contribution in [0.5, 0.6) is 0 Å². The Morgan fingerprint density at radius 1 is 1.62 bits per heavy atom. The third kappa shape index (κ3) is 1.35. The van der Waals surface area contributed by atoms with Gasteiger partial charge in [0.1, 0.15) is 0 Å². The summed E-state index contributed by atoms with van der Waals surface area (Å²) in [4.78, 5) is 4.30. The summed E-state index contributed by atoms with van der Waals surface area (Å²) in [6, 6.07) is 3.91. The van der Waals surface area contributed by atoms with Crippen LogP contribution in [0.25, 0.3) is 0 Å². The highest BCUT2D eigenvalue weighted by atomic mass is 16.3. The number of hydrogen-bond donors (Lipinski definition) is 1. The maximum Gasteiger partial charge on any atom is 0.0911 e. The summed E-state index contributed by atoms with van der Waals surface area (Å²) in [5, 5.41) is 10.3. The fraction of sp³-hybridized carbons (Fsp3) is 0.545. The van der Waals surface area contributed by atoms with Crippen molar-refractivity contribution < 1.29 is 5.11 Å². The summed E-state index contributed by atoms with van der Waals surface area (Å²) in [6.07, 6.45) is 5.53. The van der Waals surface area contributed by atoms with Gasteiger partial charge in [-0.25, -0.2) is 0 Å². The Morgan fingerprint density at radius 3 is 3.23 bits per heavy atom. The third-order valence-corrected chi connectivity index (χ3v) is 2.98. The average molecular weight is 177 g/mol. The van der Waals surface area contributed by atoms with Crippen molar-refractivity contribution in [2.75, 3.05) is 0 Å². The predicted molar refractivity (Wildman–Crippen MR) is 51.4 cm³/mol. The van der Waals surface area contributed by atoms with Crippen LogP contribution in [0.3, 0.4) is 0 Å². The average Bonchev–Trinajstić information content (AvgIpc) is 2.19. The lowest BCUT2D eigenvalue weighted by Crippen LogP contribution is -2.30. The molecule has 1 heterocycles. The van der Waals surface area contributed by atoms with E-state index in [1.54, 1.807) is 6.20 Å². The fourth-order valence-corrected chi connectivity index (χ4v) is 2.11. The minimum Gasteiger partial charge on any atom is -0.385 e. The molecule has 2 nitrogen and oxygen atoms in total. The van der Waals surface area contributed by atoms with Crippen LogP contribution in [0.15, 0.2) is 18.3 Å². The second kappa shape index (κ2) is 3.11. The molecule has 1 unspecified atom stereocenters. The molecular weight excluding hydrogens is 162 g/mol. The van der Waals surface area contributed by atoms with Gasteiger partial charge >= 0.3 is 0 Å². The number of aromatic nitrogens is 1. The van der Waals surface area contributed by atoms with Crippen molar-refractivity contribution in [3.05, 3.63) is 29.6 Å². The van der Waals surface area contributed by atoms with Gasteiger partial charge < -0.3 is 5.11 Å². The van der Waals surface area contributed by atoms with Crippen molar-refractivity contribution in [1.82, 2.24) is 4.98 Å². The van der Waals surface area contributed by atoms with E-state index in [4.69, 9.17) is 0 Å². The number of nitrogens with zero attached hydrogens (tertiary/aromatic N) is 1. The van der Waals surface area contributed by atoms with Crippen LogP contribution in [0.2, 0.25) is 0 Å². The molecule has 0 amide bonds. The molecule has 1 aliphatic carbocycles. The van der Waals surface area contributed by atoms with Crippen LogP contribution in [-0.2, 0) is 12.0 Å². The highest BCUT2D eigenvalue weighted by Gasteiger charge is 2.32. The van der Waals surface area contributed by atoms with E-state index in [1.165, 1.54) is 0 Å². The molecule has 1 aromatic heterocycles. The SMILES string of the molecule is CCC1(O)CCCc2ncccc21. The molecule has 0 saturated heterocycles. The van der Waals surface area contributed by atoms with E-state index in [1.807, 2.05) is 19.1 Å². The first-order valence-electron chi connectivity index (χ1n) is 4.93. The highest BCUT2D eigenvalue weighted by molar-refractivity contribution is 5.29. The molecule has 0 fully saturated rings. The van der Waals surface area contributed by atoms with Crippen LogP contribution in [-0.4, -0.2) is 10.1 Å². The van der Waals surface area contributed by atoms with E-state index in [2.05, 4.69) is 4.98 Å². The maximum atomic E-state index is 10.3. The standard InChI is InChI=1S/C11H15NO/c1-2-11(13)7-3-6-10-9(11)5-4-8-12-10/h4-5,8,13H,2-3,6-7H2,1H3. The van der Waals surface area contributed by atoms with E-state index in [-0.39, 0.29) is 0 Å². The second-order valence-electron chi connectivity index (χ2n) is 3.74. The van der Waals surface area contributed by atoms with Gasteiger partial charge in [-0.2, -0.15) is 0 Å². The van der Waals surface area contributed by atoms with Crippen molar-refractivity contribution in [3.63, 3.8) is 0 Å². The topological polar surface area (TPSA) is 33.1 Å². The smallest absolute Gasteiger partial charge is 0.0911 e. The summed E-state index contributed by atoms with van der Waals surface area (Å²) in [6.45, 7) is 2.03. The summed E-state index contributed by atoms with van der Waals surface area (Å²) < 4.78 is 0. The van der Waals surface area contributed by atoms with Gasteiger partial charge in [-0.15, -0.1) is 0 Å². The summed E-state index contributed by atoms with van der Waals surface area (Å²) in [5.74, 6) is 0. The van der Waals surface area contributed by atoms with Gasteiger partial charge in [-0.1, -0.05) is 13.0 Å². The Balaban J connectivity index is 2.48. The van der Waals surface area contributed by atoms with Crippen LogP contribution in [0.1, 0.15) is 37.4 Å². The van der Waals surface area contributed by atoms with Crippen molar-refractivity contribution in [2.45, 2.75) is 38.2 Å². The Bertz CT molecular complexity index is 311. The molecule has 2 heteroatoms. The van der Waals surface area contributed by atoms with E-state index >= 15 is 0 Å². The lowest BCUT2D eigenvalue weighted by molar-refractivity contribution is 0.0141. The first-order valence-corrected chi connectivity index (χ1v) is 4.93. The van der Waals surface area contributed by atoms with Crippen LogP contribution in [0, 0.1) is 0 Å². The van der Waals surface area contributed by atoms with E-state index in [9.17, 15) is 5.11 Å². The molecule has 1 aromatic rings. The van der Waals surface area contributed by atoms with Crippen molar-refractivity contribution in [1.29, 1.82) is 0 Å². The molecule has 0 bridgehead atoms. The van der Waals surface area contributed by atoms with Gasteiger partial charge in [0.25, 0.3) is 0 Å². The van der Waals surface area contributed by atoms with E-state index in [0.717, 1.165) is 36.9 Å². The van der Waals surface area contributed by atoms with Gasteiger partial charge in [0.15, 0.2) is 0 Å². The van der Waals surface area contributed by atoms with E-state index in [0.29, 0.717) is 0 Å². The number of rotatable bonds is 1. The molecule has 0 radical (unpaired) electrons. The molecule has 70 valence electrons. The Kier molecular flexibility index (Phi) is 2.08. The monoisotopic (exact) mass is 177 g/mol. The molecule has 0 saturated carbocycles. The lowest BCUT2D eigenvalue weighted by atomic mass is 9.80. The molecule has 0 aromatic carbocycles. The summed E-state index contributed by atoms with van der Waals surface area (Å²) in [7, 11) is 0. The zero-order chi connectivity index (χ0) is 9.31. The third-order valence-electron chi connectivity index (χ3n) is 2.98. The first kappa shape index (κ1) is 8.70. The summed E-state index contributed by atoms with van der Waals surface area (Å²) in [5.41, 5.74) is 1.52. The zero-order valence-electron chi connectivity index (χ0n) is 7.95. The fourth-order valence-electron chi connectivity index (χ4n) is 2.11.